The summed E-state index contributed by atoms with van der Waals surface area (Å²) in [4.78, 5) is 22.3. The van der Waals surface area contributed by atoms with E-state index in [1.807, 2.05) is 6.92 Å². The summed E-state index contributed by atoms with van der Waals surface area (Å²) in [5, 5.41) is 6.49. The van der Waals surface area contributed by atoms with Gasteiger partial charge < -0.3 is 14.8 Å². The van der Waals surface area contributed by atoms with Gasteiger partial charge in [-0.15, -0.1) is 0 Å². The number of carbonyl (C=O) groups is 2. The summed E-state index contributed by atoms with van der Waals surface area (Å²) >= 11 is 0. The maximum Gasteiger partial charge on any atom is 0.327 e. The number of anilines is 1. The van der Waals surface area contributed by atoms with Gasteiger partial charge in [0, 0.05) is 12.8 Å². The predicted molar refractivity (Wildman–Crippen MR) is 59.4 cm³/mol. The Labute approximate surface area is 98.7 Å². The molecular weight excluding hydrogens is 226 g/mol. The Morgan fingerprint density at radius 3 is 2.94 bits per heavy atom. The average Bonchev–Trinajstić information content (AvgIpc) is 2.73. The standard InChI is InChI=1S/C10H15N3O4/c1-3-17-7-9(14)12-8-4-11-13(5-8)6-10(15)16-2/h4-5H,3,6-7H2,1-2H3,(H,12,14). The Hall–Kier alpha value is -1.89. The fraction of sp³-hybridized carbons (Fsp3) is 0.500. The first-order valence-electron chi connectivity index (χ1n) is 5.12. The molecule has 1 rings (SSSR count). The van der Waals surface area contributed by atoms with Gasteiger partial charge in [-0.2, -0.15) is 5.10 Å². The zero-order valence-electron chi connectivity index (χ0n) is 9.80. The number of hydrogen-bond acceptors (Lipinski definition) is 5. The normalized spacial score (nSPS) is 10.0. The van der Waals surface area contributed by atoms with Crippen LogP contribution in [-0.2, 0) is 25.6 Å². The number of esters is 1. The van der Waals surface area contributed by atoms with Crippen LogP contribution < -0.4 is 5.32 Å². The number of aromatic nitrogens is 2. The van der Waals surface area contributed by atoms with Crippen molar-refractivity contribution in [3.8, 4) is 0 Å². The topological polar surface area (TPSA) is 82.5 Å². The second kappa shape index (κ2) is 6.64. The second-order valence-corrected chi connectivity index (χ2v) is 3.19. The van der Waals surface area contributed by atoms with Crippen molar-refractivity contribution in [2.45, 2.75) is 13.5 Å². The van der Waals surface area contributed by atoms with E-state index in [-0.39, 0.29) is 19.1 Å². The fourth-order valence-corrected chi connectivity index (χ4v) is 1.10. The summed E-state index contributed by atoms with van der Waals surface area (Å²) in [6.07, 6.45) is 2.99. The Kier molecular flexibility index (Phi) is 5.15. The first kappa shape index (κ1) is 13.2. The molecular formula is C10H15N3O4. The predicted octanol–water partition coefficient (Wildman–Crippen LogP) is 0.0311. The van der Waals surface area contributed by atoms with Gasteiger partial charge in [0.25, 0.3) is 0 Å². The number of carbonyl (C=O) groups excluding carboxylic acids is 2. The molecule has 94 valence electrons. The Morgan fingerprint density at radius 2 is 2.29 bits per heavy atom. The minimum atomic E-state index is -0.403. The molecule has 0 aromatic carbocycles. The third-order valence-electron chi connectivity index (χ3n) is 1.87. The van der Waals surface area contributed by atoms with Gasteiger partial charge in [-0.05, 0) is 6.92 Å². The van der Waals surface area contributed by atoms with Crippen LogP contribution in [0.5, 0.6) is 0 Å². The number of nitrogens with zero attached hydrogens (tertiary/aromatic N) is 2. The van der Waals surface area contributed by atoms with Crippen molar-refractivity contribution < 1.29 is 19.1 Å². The van der Waals surface area contributed by atoms with E-state index in [1.165, 1.54) is 18.0 Å². The molecule has 0 radical (unpaired) electrons. The van der Waals surface area contributed by atoms with Crippen LogP contribution >= 0.6 is 0 Å². The molecule has 0 aliphatic rings. The summed E-state index contributed by atoms with van der Waals surface area (Å²) < 4.78 is 10.8. The zero-order chi connectivity index (χ0) is 12.7. The van der Waals surface area contributed by atoms with Crippen LogP contribution in [0.4, 0.5) is 5.69 Å². The lowest BCUT2D eigenvalue weighted by atomic mass is 10.5. The fourth-order valence-electron chi connectivity index (χ4n) is 1.10. The Morgan fingerprint density at radius 1 is 1.53 bits per heavy atom. The molecule has 1 amide bonds. The highest BCUT2D eigenvalue weighted by Gasteiger charge is 2.06. The molecule has 7 heteroatoms. The van der Waals surface area contributed by atoms with Gasteiger partial charge in [-0.1, -0.05) is 0 Å². The summed E-state index contributed by atoms with van der Waals surface area (Å²) in [6, 6.07) is 0. The maximum atomic E-state index is 11.3. The highest BCUT2D eigenvalue weighted by Crippen LogP contribution is 2.04. The molecule has 0 saturated carbocycles. The van der Waals surface area contributed by atoms with Crippen molar-refractivity contribution in [3.05, 3.63) is 12.4 Å². The number of amides is 1. The molecule has 1 heterocycles. The van der Waals surface area contributed by atoms with Gasteiger partial charge >= 0.3 is 5.97 Å². The van der Waals surface area contributed by atoms with Gasteiger partial charge in [0.1, 0.15) is 13.2 Å². The summed E-state index contributed by atoms with van der Waals surface area (Å²) in [5.41, 5.74) is 0.513. The van der Waals surface area contributed by atoms with Crippen LogP contribution in [-0.4, -0.2) is 42.0 Å². The smallest absolute Gasteiger partial charge is 0.327 e. The zero-order valence-corrected chi connectivity index (χ0v) is 9.80. The van der Waals surface area contributed by atoms with Crippen LogP contribution in [0.1, 0.15) is 6.92 Å². The molecule has 1 N–H and O–H groups in total. The van der Waals surface area contributed by atoms with Crippen molar-refractivity contribution in [1.82, 2.24) is 9.78 Å². The van der Waals surface area contributed by atoms with E-state index < -0.39 is 5.97 Å². The largest absolute Gasteiger partial charge is 0.468 e. The lowest BCUT2D eigenvalue weighted by Gasteiger charge is -2.01. The van der Waals surface area contributed by atoms with Gasteiger partial charge in [0.2, 0.25) is 5.91 Å². The molecule has 1 aromatic heterocycles. The molecule has 0 aliphatic carbocycles. The van der Waals surface area contributed by atoms with Gasteiger partial charge in [-0.25, -0.2) is 0 Å². The summed E-state index contributed by atoms with van der Waals surface area (Å²) in [5.74, 6) is -0.662. The molecule has 0 fully saturated rings. The first-order chi connectivity index (χ1) is 8.15. The van der Waals surface area contributed by atoms with Crippen molar-refractivity contribution in [1.29, 1.82) is 0 Å². The second-order valence-electron chi connectivity index (χ2n) is 3.19. The van der Waals surface area contributed by atoms with Crippen LogP contribution in [0, 0.1) is 0 Å². The third kappa shape index (κ3) is 4.64. The first-order valence-corrected chi connectivity index (χ1v) is 5.12. The van der Waals surface area contributed by atoms with Crippen molar-refractivity contribution in [3.63, 3.8) is 0 Å². The third-order valence-corrected chi connectivity index (χ3v) is 1.87. The highest BCUT2D eigenvalue weighted by atomic mass is 16.5. The molecule has 7 nitrogen and oxygen atoms in total. The molecule has 0 atom stereocenters. The summed E-state index contributed by atoms with van der Waals surface area (Å²) in [7, 11) is 1.30. The van der Waals surface area contributed by atoms with Crippen LogP contribution in [0.3, 0.4) is 0 Å². The van der Waals surface area contributed by atoms with Crippen LogP contribution in [0.25, 0.3) is 0 Å². The van der Waals surface area contributed by atoms with E-state index in [2.05, 4.69) is 15.2 Å². The van der Waals surface area contributed by atoms with E-state index in [0.29, 0.717) is 12.3 Å². The minimum absolute atomic E-state index is 0.00131. The summed E-state index contributed by atoms with van der Waals surface area (Å²) in [6.45, 7) is 2.30. The minimum Gasteiger partial charge on any atom is -0.468 e. The maximum absolute atomic E-state index is 11.3. The van der Waals surface area contributed by atoms with Gasteiger partial charge in [0.15, 0.2) is 0 Å². The molecule has 0 spiro atoms. The van der Waals surface area contributed by atoms with E-state index >= 15 is 0 Å². The SMILES string of the molecule is CCOCC(=O)Nc1cnn(CC(=O)OC)c1. The number of nitrogens with one attached hydrogen (secondary N) is 1. The van der Waals surface area contributed by atoms with Crippen LogP contribution in [0.15, 0.2) is 12.4 Å². The molecule has 0 unspecified atom stereocenters. The van der Waals surface area contributed by atoms with Gasteiger partial charge in [0.05, 0.1) is 19.0 Å². The van der Waals surface area contributed by atoms with E-state index in [1.54, 1.807) is 6.20 Å². The number of hydrogen-bond donors (Lipinski definition) is 1. The van der Waals surface area contributed by atoms with E-state index in [4.69, 9.17) is 4.74 Å². The molecule has 1 aromatic rings. The highest BCUT2D eigenvalue weighted by molar-refractivity contribution is 5.91. The van der Waals surface area contributed by atoms with Crippen molar-refractivity contribution >= 4 is 17.6 Å². The lowest BCUT2D eigenvalue weighted by molar-refractivity contribution is -0.141. The molecule has 0 bridgehead atoms. The monoisotopic (exact) mass is 241 g/mol. The average molecular weight is 241 g/mol. The van der Waals surface area contributed by atoms with E-state index in [0.717, 1.165) is 0 Å². The lowest BCUT2D eigenvalue weighted by Crippen LogP contribution is -2.18. The molecule has 17 heavy (non-hydrogen) atoms. The molecule has 0 aliphatic heterocycles. The van der Waals surface area contributed by atoms with Crippen molar-refractivity contribution in [2.75, 3.05) is 25.6 Å². The molecule has 0 saturated heterocycles. The number of ether oxygens (including phenoxy) is 2. The Balaban J connectivity index is 2.45. The quantitative estimate of drug-likeness (QED) is 0.710. The van der Waals surface area contributed by atoms with Crippen molar-refractivity contribution in [2.24, 2.45) is 0 Å². The Bertz CT molecular complexity index is 389. The van der Waals surface area contributed by atoms with Gasteiger partial charge in [-0.3, -0.25) is 14.3 Å². The van der Waals surface area contributed by atoms with Crippen LogP contribution in [0.2, 0.25) is 0 Å². The number of rotatable bonds is 6. The van der Waals surface area contributed by atoms with E-state index in [9.17, 15) is 9.59 Å². The number of methoxy groups -OCH3 is 1.